The average Bonchev–Trinajstić information content (AvgIpc) is 2.48. The molecule has 0 aliphatic carbocycles. The molecule has 0 aliphatic heterocycles. The first kappa shape index (κ1) is 14.2. The summed E-state index contributed by atoms with van der Waals surface area (Å²) in [7, 11) is -1.43. The highest BCUT2D eigenvalue weighted by molar-refractivity contribution is 7.85. The molecule has 3 nitrogen and oxygen atoms in total. The van der Waals surface area contributed by atoms with Crippen LogP contribution in [-0.4, -0.2) is 16.6 Å². The van der Waals surface area contributed by atoms with E-state index in [9.17, 15) is 8.60 Å². The summed E-state index contributed by atoms with van der Waals surface area (Å²) in [5, 5.41) is 8.66. The molecule has 0 N–H and O–H groups in total. The molecule has 2 aromatic carbocycles. The summed E-state index contributed by atoms with van der Waals surface area (Å²) in [6.45, 7) is 0.215. The van der Waals surface area contributed by atoms with Gasteiger partial charge in [0, 0.05) is 0 Å². The number of halogens is 1. The fourth-order valence-electron chi connectivity index (χ4n) is 1.60. The minimum atomic E-state index is -1.43. The van der Waals surface area contributed by atoms with E-state index in [0.29, 0.717) is 11.3 Å². The molecule has 2 aromatic rings. The first-order valence-electron chi connectivity index (χ1n) is 5.96. The van der Waals surface area contributed by atoms with Crippen LogP contribution in [-0.2, 0) is 10.8 Å². The summed E-state index contributed by atoms with van der Waals surface area (Å²) in [5.74, 6) is 0.333. The van der Waals surface area contributed by atoms with Gasteiger partial charge in [-0.25, -0.2) is 4.39 Å². The number of nitriles is 1. The first-order valence-corrected chi connectivity index (χ1v) is 7.28. The van der Waals surface area contributed by atoms with Crippen LogP contribution in [0.25, 0.3) is 0 Å². The van der Waals surface area contributed by atoms with E-state index in [4.69, 9.17) is 10.00 Å². The topological polar surface area (TPSA) is 50.1 Å². The zero-order valence-electron chi connectivity index (χ0n) is 10.6. The molecule has 0 amide bonds. The van der Waals surface area contributed by atoms with E-state index in [1.165, 1.54) is 12.1 Å². The van der Waals surface area contributed by atoms with Gasteiger partial charge < -0.3 is 4.74 Å². The van der Waals surface area contributed by atoms with E-state index in [-0.39, 0.29) is 17.3 Å². The maximum absolute atomic E-state index is 13.4. The molecule has 102 valence electrons. The second-order valence-electron chi connectivity index (χ2n) is 3.96. The third-order valence-corrected chi connectivity index (χ3v) is 3.96. The molecule has 0 aliphatic rings. The Balaban J connectivity index is 1.88. The van der Waals surface area contributed by atoms with Gasteiger partial charge in [0.2, 0.25) is 0 Å². The van der Waals surface area contributed by atoms with Crippen molar-refractivity contribution < 1.29 is 13.3 Å². The Labute approximate surface area is 119 Å². The molecule has 1 unspecified atom stereocenters. The number of rotatable bonds is 5. The highest BCUT2D eigenvalue weighted by Gasteiger charge is 2.09. The summed E-state index contributed by atoms with van der Waals surface area (Å²) >= 11 is 0. The van der Waals surface area contributed by atoms with Gasteiger partial charge in [-0.05, 0) is 36.4 Å². The molecule has 0 spiro atoms. The molecule has 0 saturated carbocycles. The van der Waals surface area contributed by atoms with Gasteiger partial charge in [0.05, 0.1) is 33.1 Å². The van der Waals surface area contributed by atoms with Gasteiger partial charge >= 0.3 is 0 Å². The van der Waals surface area contributed by atoms with Crippen molar-refractivity contribution in [2.45, 2.75) is 4.90 Å². The predicted octanol–water partition coefficient (Wildman–Crippen LogP) is 2.88. The lowest BCUT2D eigenvalue weighted by Crippen LogP contribution is -2.09. The summed E-state index contributed by atoms with van der Waals surface area (Å²) in [5.41, 5.74) is 0.548. The van der Waals surface area contributed by atoms with Crippen LogP contribution >= 0.6 is 0 Å². The van der Waals surface area contributed by atoms with Crippen molar-refractivity contribution in [2.75, 3.05) is 12.4 Å². The highest BCUT2D eigenvalue weighted by Crippen LogP contribution is 2.14. The molecule has 1 atom stereocenters. The number of benzene rings is 2. The molecular formula is C15H12FNO2S. The molecule has 0 radical (unpaired) electrons. The van der Waals surface area contributed by atoms with Gasteiger partial charge in [0.25, 0.3) is 0 Å². The monoisotopic (exact) mass is 289 g/mol. The van der Waals surface area contributed by atoms with Crippen LogP contribution in [0.3, 0.4) is 0 Å². The highest BCUT2D eigenvalue weighted by atomic mass is 32.2. The molecule has 0 aromatic heterocycles. The van der Waals surface area contributed by atoms with E-state index in [1.807, 2.05) is 6.07 Å². The van der Waals surface area contributed by atoms with E-state index in [2.05, 4.69) is 0 Å². The normalized spacial score (nSPS) is 11.6. The van der Waals surface area contributed by atoms with Crippen molar-refractivity contribution in [1.29, 1.82) is 5.26 Å². The van der Waals surface area contributed by atoms with E-state index < -0.39 is 16.6 Å². The second-order valence-corrected chi connectivity index (χ2v) is 5.50. The summed E-state index contributed by atoms with van der Waals surface area (Å²) in [4.78, 5) is 0.191. The maximum Gasteiger partial charge on any atom is 0.139 e. The van der Waals surface area contributed by atoms with Crippen molar-refractivity contribution in [3.05, 3.63) is 59.9 Å². The summed E-state index contributed by atoms with van der Waals surface area (Å²) in [6, 6.07) is 14.6. The van der Waals surface area contributed by atoms with Crippen LogP contribution < -0.4 is 4.74 Å². The third-order valence-electron chi connectivity index (χ3n) is 2.60. The minimum Gasteiger partial charge on any atom is -0.493 e. The van der Waals surface area contributed by atoms with Gasteiger partial charge in [-0.1, -0.05) is 12.1 Å². The van der Waals surface area contributed by atoms with Crippen molar-refractivity contribution in [3.63, 3.8) is 0 Å². The van der Waals surface area contributed by atoms with Crippen LogP contribution in [0.5, 0.6) is 5.75 Å². The van der Waals surface area contributed by atoms with Crippen molar-refractivity contribution in [2.24, 2.45) is 0 Å². The number of nitrogens with zero attached hydrogens (tertiary/aromatic N) is 1. The van der Waals surface area contributed by atoms with Crippen LogP contribution in [0.4, 0.5) is 4.39 Å². The molecule has 0 saturated heterocycles. The van der Waals surface area contributed by atoms with Crippen molar-refractivity contribution in [3.8, 4) is 11.8 Å². The fourth-order valence-corrected chi connectivity index (χ4v) is 2.57. The van der Waals surface area contributed by atoms with Gasteiger partial charge in [0.1, 0.15) is 18.2 Å². The Morgan fingerprint density at radius 1 is 1.15 bits per heavy atom. The Morgan fingerprint density at radius 2 is 1.85 bits per heavy atom. The lowest BCUT2D eigenvalue weighted by Gasteiger charge is -2.06. The average molecular weight is 289 g/mol. The molecule has 0 heterocycles. The Kier molecular flexibility index (Phi) is 4.85. The van der Waals surface area contributed by atoms with E-state index in [0.717, 1.165) is 0 Å². The molecule has 20 heavy (non-hydrogen) atoms. The van der Waals surface area contributed by atoms with Gasteiger partial charge in [-0.15, -0.1) is 0 Å². The third kappa shape index (κ3) is 3.65. The summed E-state index contributed by atoms with van der Waals surface area (Å²) in [6.07, 6.45) is 0. The van der Waals surface area contributed by atoms with E-state index >= 15 is 0 Å². The van der Waals surface area contributed by atoms with Gasteiger partial charge in [-0.3, -0.25) is 4.21 Å². The molecule has 5 heteroatoms. The Morgan fingerprint density at radius 3 is 2.50 bits per heavy atom. The lowest BCUT2D eigenvalue weighted by molar-refractivity contribution is 0.342. The largest absolute Gasteiger partial charge is 0.493 e. The predicted molar refractivity (Wildman–Crippen MR) is 74.3 cm³/mol. The minimum absolute atomic E-state index is 0.191. The number of hydrogen-bond donors (Lipinski definition) is 0. The molecular weight excluding hydrogens is 277 g/mol. The van der Waals surface area contributed by atoms with Crippen LogP contribution in [0.1, 0.15) is 5.56 Å². The van der Waals surface area contributed by atoms with Gasteiger partial charge in [-0.2, -0.15) is 5.26 Å². The van der Waals surface area contributed by atoms with E-state index in [1.54, 1.807) is 36.4 Å². The quantitative estimate of drug-likeness (QED) is 0.850. The van der Waals surface area contributed by atoms with Crippen LogP contribution in [0.2, 0.25) is 0 Å². The SMILES string of the molecule is N#Cc1ccc(OCCS(=O)c2ccccc2F)cc1. The zero-order chi connectivity index (χ0) is 14.4. The Bertz CT molecular complexity index is 650. The standard InChI is InChI=1S/C15H12FNO2S/c16-14-3-1-2-4-15(14)20(18)10-9-19-13-7-5-12(11-17)6-8-13/h1-8H,9-10H2. The van der Waals surface area contributed by atoms with Crippen LogP contribution in [0, 0.1) is 17.1 Å². The fraction of sp³-hybridized carbons (Fsp3) is 0.133. The maximum atomic E-state index is 13.4. The molecule has 0 bridgehead atoms. The van der Waals surface area contributed by atoms with Crippen molar-refractivity contribution >= 4 is 10.8 Å². The van der Waals surface area contributed by atoms with Crippen LogP contribution in [0.15, 0.2) is 53.4 Å². The number of ether oxygens (including phenoxy) is 1. The smallest absolute Gasteiger partial charge is 0.139 e. The number of hydrogen-bond acceptors (Lipinski definition) is 3. The first-order chi connectivity index (χ1) is 9.70. The molecule has 0 fully saturated rings. The van der Waals surface area contributed by atoms with Gasteiger partial charge in [0.15, 0.2) is 0 Å². The Hall–Kier alpha value is -2.19. The lowest BCUT2D eigenvalue weighted by atomic mass is 10.2. The zero-order valence-corrected chi connectivity index (χ0v) is 11.4. The molecule has 2 rings (SSSR count). The van der Waals surface area contributed by atoms with Crippen molar-refractivity contribution in [1.82, 2.24) is 0 Å². The second kappa shape index (κ2) is 6.83. The summed E-state index contributed by atoms with van der Waals surface area (Å²) < 4.78 is 30.7.